The summed E-state index contributed by atoms with van der Waals surface area (Å²) in [6, 6.07) is 4.90. The molecule has 16 heavy (non-hydrogen) atoms. The number of benzene rings is 1. The summed E-state index contributed by atoms with van der Waals surface area (Å²) in [7, 11) is 2.76. The highest BCUT2D eigenvalue weighted by Gasteiger charge is 2.17. The van der Waals surface area contributed by atoms with Gasteiger partial charge in [-0.2, -0.15) is 0 Å². The molecule has 0 amide bonds. The molecule has 0 radical (unpaired) electrons. The molecule has 88 valence electrons. The molecule has 0 aliphatic rings. The first-order chi connectivity index (χ1) is 7.74. The summed E-state index contributed by atoms with van der Waals surface area (Å²) in [6.45, 7) is -0.0526. The molecule has 1 aromatic carbocycles. The van der Waals surface area contributed by atoms with Gasteiger partial charge in [-0.05, 0) is 12.1 Å². The molecule has 0 atom stereocenters. The maximum Gasteiger partial charge on any atom is 0.341 e. The molecule has 0 unspecified atom stereocenters. The first-order valence-electron chi connectivity index (χ1n) is 4.73. The molecule has 0 spiro atoms. The van der Waals surface area contributed by atoms with Crippen molar-refractivity contribution in [3.8, 4) is 11.5 Å². The van der Waals surface area contributed by atoms with Gasteiger partial charge in [0.25, 0.3) is 0 Å². The van der Waals surface area contributed by atoms with Crippen LogP contribution in [0.1, 0.15) is 10.4 Å². The van der Waals surface area contributed by atoms with Gasteiger partial charge in [-0.1, -0.05) is 6.07 Å². The van der Waals surface area contributed by atoms with Gasteiger partial charge in [0.15, 0.2) is 11.5 Å². The smallest absolute Gasteiger partial charge is 0.341 e. The Morgan fingerprint density at radius 3 is 2.69 bits per heavy atom. The van der Waals surface area contributed by atoms with Gasteiger partial charge in [-0.25, -0.2) is 4.79 Å². The number of aliphatic hydroxyl groups is 1. The molecule has 0 fully saturated rings. The van der Waals surface area contributed by atoms with Crippen LogP contribution in [-0.2, 0) is 4.74 Å². The van der Waals surface area contributed by atoms with E-state index >= 15 is 0 Å². The predicted molar refractivity (Wildman–Crippen MR) is 56.9 cm³/mol. The number of hydrogen-bond acceptors (Lipinski definition) is 5. The van der Waals surface area contributed by atoms with Crippen LogP contribution in [0.4, 0.5) is 0 Å². The molecule has 0 aromatic heterocycles. The van der Waals surface area contributed by atoms with E-state index in [-0.39, 0.29) is 24.5 Å². The third-order valence-corrected chi connectivity index (χ3v) is 1.94. The van der Waals surface area contributed by atoms with E-state index in [2.05, 4.69) is 4.74 Å². The maximum absolute atomic E-state index is 11.4. The highest BCUT2D eigenvalue weighted by atomic mass is 16.5. The summed E-state index contributed by atoms with van der Waals surface area (Å²) in [5.74, 6) is 0.203. The summed E-state index contributed by atoms with van der Waals surface area (Å²) >= 11 is 0. The Balaban J connectivity index is 3.09. The second kappa shape index (κ2) is 5.97. The zero-order valence-electron chi connectivity index (χ0n) is 9.23. The number of aliphatic hydroxyl groups excluding tert-OH is 1. The zero-order valence-corrected chi connectivity index (χ0v) is 9.23. The van der Waals surface area contributed by atoms with E-state index in [0.717, 1.165) is 0 Å². The van der Waals surface area contributed by atoms with E-state index in [9.17, 15) is 4.79 Å². The van der Waals surface area contributed by atoms with Crippen molar-refractivity contribution in [1.82, 2.24) is 0 Å². The van der Waals surface area contributed by atoms with E-state index < -0.39 is 5.97 Å². The van der Waals surface area contributed by atoms with Crippen molar-refractivity contribution in [1.29, 1.82) is 0 Å². The van der Waals surface area contributed by atoms with E-state index in [0.29, 0.717) is 5.75 Å². The monoisotopic (exact) mass is 226 g/mol. The summed E-state index contributed by atoms with van der Waals surface area (Å²) in [6.07, 6.45) is 0. The number of carbonyl (C=O) groups is 1. The van der Waals surface area contributed by atoms with Gasteiger partial charge in [0.1, 0.15) is 12.2 Å². The van der Waals surface area contributed by atoms with Gasteiger partial charge in [0.05, 0.1) is 20.8 Å². The molecule has 1 aromatic rings. The number of para-hydroxylation sites is 1. The highest BCUT2D eigenvalue weighted by Crippen LogP contribution is 2.31. The van der Waals surface area contributed by atoms with E-state index in [1.54, 1.807) is 18.2 Å². The third kappa shape index (κ3) is 2.64. The second-order valence-electron chi connectivity index (χ2n) is 2.90. The SMILES string of the molecule is COC(=O)c1cccc(OC)c1OCCO. The van der Waals surface area contributed by atoms with E-state index in [1.165, 1.54) is 14.2 Å². The quantitative estimate of drug-likeness (QED) is 0.754. The van der Waals surface area contributed by atoms with Crippen molar-refractivity contribution in [2.75, 3.05) is 27.4 Å². The van der Waals surface area contributed by atoms with Crippen LogP contribution in [0.25, 0.3) is 0 Å². The average Bonchev–Trinajstić information content (AvgIpc) is 2.34. The van der Waals surface area contributed by atoms with Crippen molar-refractivity contribution >= 4 is 5.97 Å². The molecule has 0 heterocycles. The zero-order chi connectivity index (χ0) is 12.0. The Morgan fingerprint density at radius 2 is 2.12 bits per heavy atom. The number of ether oxygens (including phenoxy) is 3. The topological polar surface area (TPSA) is 65.0 Å². The van der Waals surface area contributed by atoms with Crippen LogP contribution in [0, 0.1) is 0 Å². The van der Waals surface area contributed by atoms with Crippen molar-refractivity contribution in [2.24, 2.45) is 0 Å². The fourth-order valence-corrected chi connectivity index (χ4v) is 1.24. The van der Waals surface area contributed by atoms with Crippen molar-refractivity contribution in [3.63, 3.8) is 0 Å². The van der Waals surface area contributed by atoms with Crippen molar-refractivity contribution < 1.29 is 24.1 Å². The van der Waals surface area contributed by atoms with Crippen LogP contribution < -0.4 is 9.47 Å². The number of methoxy groups -OCH3 is 2. The standard InChI is InChI=1S/C11H14O5/c1-14-9-5-3-4-8(11(13)15-2)10(9)16-7-6-12/h3-5,12H,6-7H2,1-2H3. The fraction of sp³-hybridized carbons (Fsp3) is 0.364. The largest absolute Gasteiger partial charge is 0.493 e. The van der Waals surface area contributed by atoms with Crippen molar-refractivity contribution in [3.05, 3.63) is 23.8 Å². The molecule has 0 saturated carbocycles. The lowest BCUT2D eigenvalue weighted by molar-refractivity contribution is 0.0593. The molecule has 5 heteroatoms. The summed E-state index contributed by atoms with van der Waals surface area (Å²) in [5, 5.41) is 8.70. The third-order valence-electron chi connectivity index (χ3n) is 1.94. The van der Waals surface area contributed by atoms with Gasteiger partial charge < -0.3 is 19.3 Å². The first-order valence-corrected chi connectivity index (χ1v) is 4.73. The van der Waals surface area contributed by atoms with Gasteiger partial charge in [-0.15, -0.1) is 0 Å². The average molecular weight is 226 g/mol. The Bertz CT molecular complexity index is 361. The Morgan fingerprint density at radius 1 is 1.38 bits per heavy atom. The minimum atomic E-state index is -0.508. The molecule has 0 aliphatic carbocycles. The normalized spacial score (nSPS) is 9.69. The molecule has 5 nitrogen and oxygen atoms in total. The fourth-order valence-electron chi connectivity index (χ4n) is 1.24. The maximum atomic E-state index is 11.4. The number of hydrogen-bond donors (Lipinski definition) is 1. The first kappa shape index (κ1) is 12.3. The number of carbonyl (C=O) groups excluding carboxylic acids is 1. The van der Waals surface area contributed by atoms with Crippen LogP contribution in [0.15, 0.2) is 18.2 Å². The summed E-state index contributed by atoms with van der Waals surface area (Å²) in [5.41, 5.74) is 0.273. The van der Waals surface area contributed by atoms with Crippen molar-refractivity contribution in [2.45, 2.75) is 0 Å². The molecule has 0 aliphatic heterocycles. The number of esters is 1. The molecule has 0 saturated heterocycles. The van der Waals surface area contributed by atoms with Gasteiger partial charge in [0.2, 0.25) is 0 Å². The minimum Gasteiger partial charge on any atom is -0.493 e. The summed E-state index contributed by atoms with van der Waals surface area (Å²) < 4.78 is 14.9. The highest BCUT2D eigenvalue weighted by molar-refractivity contribution is 5.93. The van der Waals surface area contributed by atoms with Crippen LogP contribution in [0.3, 0.4) is 0 Å². The molecular weight excluding hydrogens is 212 g/mol. The Hall–Kier alpha value is -1.75. The molecule has 0 bridgehead atoms. The lowest BCUT2D eigenvalue weighted by Crippen LogP contribution is -2.09. The molecule has 1 N–H and O–H groups in total. The van der Waals surface area contributed by atoms with Gasteiger partial charge in [-0.3, -0.25) is 0 Å². The lowest BCUT2D eigenvalue weighted by Gasteiger charge is -2.12. The Kier molecular flexibility index (Phi) is 4.60. The summed E-state index contributed by atoms with van der Waals surface area (Å²) in [4.78, 5) is 11.4. The van der Waals surface area contributed by atoms with Crippen LogP contribution in [0.5, 0.6) is 11.5 Å². The van der Waals surface area contributed by atoms with E-state index in [4.69, 9.17) is 14.6 Å². The molecular formula is C11H14O5. The van der Waals surface area contributed by atoms with Crippen LogP contribution in [-0.4, -0.2) is 38.5 Å². The van der Waals surface area contributed by atoms with E-state index in [1.807, 2.05) is 0 Å². The van der Waals surface area contributed by atoms with Gasteiger partial charge in [0, 0.05) is 0 Å². The number of rotatable bonds is 5. The second-order valence-corrected chi connectivity index (χ2v) is 2.90. The minimum absolute atomic E-state index is 0.0877. The predicted octanol–water partition coefficient (Wildman–Crippen LogP) is 0.853. The van der Waals surface area contributed by atoms with Gasteiger partial charge >= 0.3 is 5.97 Å². The lowest BCUT2D eigenvalue weighted by atomic mass is 10.2. The Labute approximate surface area is 93.6 Å². The molecule has 1 rings (SSSR count). The van der Waals surface area contributed by atoms with Crippen LogP contribution in [0.2, 0.25) is 0 Å². The van der Waals surface area contributed by atoms with Crippen LogP contribution >= 0.6 is 0 Å².